The summed E-state index contributed by atoms with van der Waals surface area (Å²) >= 11 is 0. The molecule has 0 heterocycles. The molecule has 1 aliphatic rings. The van der Waals surface area contributed by atoms with Crippen molar-refractivity contribution in [1.29, 1.82) is 5.41 Å². The number of hydrogen-bond donors (Lipinski definition) is 3. The van der Waals surface area contributed by atoms with Gasteiger partial charge in [0.2, 0.25) is 0 Å². The first-order chi connectivity index (χ1) is 7.96. The van der Waals surface area contributed by atoms with E-state index in [0.717, 1.165) is 38.5 Å². The molecule has 4 N–H and O–H groups in total. The summed E-state index contributed by atoms with van der Waals surface area (Å²) in [4.78, 5) is 11.7. The fourth-order valence-electron chi connectivity index (χ4n) is 2.23. The van der Waals surface area contributed by atoms with Gasteiger partial charge >= 0.3 is 6.09 Å². The predicted octanol–water partition coefficient (Wildman–Crippen LogP) is 2.15. The Morgan fingerprint density at radius 3 is 2.24 bits per heavy atom. The Morgan fingerprint density at radius 2 is 1.82 bits per heavy atom. The molecule has 0 atom stereocenters. The highest BCUT2D eigenvalue weighted by molar-refractivity contribution is 5.90. The van der Waals surface area contributed by atoms with E-state index in [1.807, 2.05) is 0 Å². The smallest absolute Gasteiger partial charge is 0.408 e. The normalized spacial score (nSPS) is 19.5. The predicted molar refractivity (Wildman–Crippen MR) is 67.1 cm³/mol. The molecule has 0 aromatic heterocycles. The van der Waals surface area contributed by atoms with E-state index in [1.165, 1.54) is 0 Å². The molecule has 17 heavy (non-hydrogen) atoms. The first-order valence-electron chi connectivity index (χ1n) is 6.29. The van der Waals surface area contributed by atoms with Crippen LogP contribution in [0.2, 0.25) is 0 Å². The van der Waals surface area contributed by atoms with Gasteiger partial charge in [-0.1, -0.05) is 25.7 Å². The average Bonchev–Trinajstić information content (AvgIpc) is 2.42. The van der Waals surface area contributed by atoms with Gasteiger partial charge in [-0.15, -0.1) is 0 Å². The van der Waals surface area contributed by atoms with Crippen molar-refractivity contribution in [3.63, 3.8) is 0 Å². The van der Waals surface area contributed by atoms with Gasteiger partial charge in [-0.25, -0.2) is 4.79 Å². The summed E-state index contributed by atoms with van der Waals surface area (Å²) in [5, 5.41) is 10.5. The van der Waals surface area contributed by atoms with Crippen LogP contribution in [0.15, 0.2) is 0 Å². The first kappa shape index (κ1) is 13.8. The highest BCUT2D eigenvalue weighted by Gasteiger charge is 2.36. The summed E-state index contributed by atoms with van der Waals surface area (Å²) in [5.41, 5.74) is 4.97. The summed E-state index contributed by atoms with van der Waals surface area (Å²) in [7, 11) is 0. The highest BCUT2D eigenvalue weighted by atomic mass is 16.6. The largest absolute Gasteiger partial charge is 0.447 e. The van der Waals surface area contributed by atoms with E-state index in [-0.39, 0.29) is 11.9 Å². The average molecular weight is 241 g/mol. The zero-order valence-electron chi connectivity index (χ0n) is 10.7. The second-order valence-electron chi connectivity index (χ2n) is 4.99. The molecule has 1 amide bonds. The zero-order chi connectivity index (χ0) is 12.9. The summed E-state index contributed by atoms with van der Waals surface area (Å²) in [6.07, 6.45) is 5.07. The van der Waals surface area contributed by atoms with Crippen molar-refractivity contribution in [1.82, 2.24) is 5.32 Å². The van der Waals surface area contributed by atoms with Crippen LogP contribution in [-0.4, -0.2) is 23.6 Å². The van der Waals surface area contributed by atoms with Crippen LogP contribution < -0.4 is 11.1 Å². The number of carbonyl (C=O) groups excluding carboxylic acids is 1. The summed E-state index contributed by atoms with van der Waals surface area (Å²) in [6.45, 7) is 3.60. The number of nitrogens with two attached hydrogens (primary N) is 1. The lowest BCUT2D eigenvalue weighted by molar-refractivity contribution is 0.107. The number of amidine groups is 1. The molecule has 1 aliphatic carbocycles. The number of rotatable bonds is 3. The Morgan fingerprint density at radius 1 is 1.29 bits per heavy atom. The second-order valence-corrected chi connectivity index (χ2v) is 4.99. The van der Waals surface area contributed by atoms with Crippen molar-refractivity contribution < 1.29 is 9.53 Å². The molecule has 0 bridgehead atoms. The Hall–Kier alpha value is -1.26. The van der Waals surface area contributed by atoms with Gasteiger partial charge in [0.15, 0.2) is 0 Å². The van der Waals surface area contributed by atoms with E-state index in [0.29, 0.717) is 0 Å². The Balaban J connectivity index is 2.70. The number of nitrogens with one attached hydrogen (secondary N) is 2. The molecule has 98 valence electrons. The van der Waals surface area contributed by atoms with Gasteiger partial charge in [0.05, 0.1) is 11.6 Å². The van der Waals surface area contributed by atoms with Gasteiger partial charge in [0.1, 0.15) is 5.84 Å². The molecule has 0 saturated heterocycles. The molecule has 0 unspecified atom stereocenters. The van der Waals surface area contributed by atoms with Crippen LogP contribution in [0.4, 0.5) is 4.79 Å². The second kappa shape index (κ2) is 5.89. The Bertz CT molecular complexity index is 281. The van der Waals surface area contributed by atoms with Crippen LogP contribution in [0, 0.1) is 5.41 Å². The molecule has 5 nitrogen and oxygen atoms in total. The number of ether oxygens (including phenoxy) is 1. The minimum absolute atomic E-state index is 0.0418. The number of carbonyl (C=O) groups is 1. The lowest BCUT2D eigenvalue weighted by Gasteiger charge is -2.32. The molecule has 5 heteroatoms. The fraction of sp³-hybridized carbons (Fsp3) is 0.833. The molecular weight excluding hydrogens is 218 g/mol. The third-order valence-corrected chi connectivity index (χ3v) is 3.16. The summed E-state index contributed by atoms with van der Waals surface area (Å²) in [6, 6.07) is 0. The molecule has 0 aliphatic heterocycles. The fourth-order valence-corrected chi connectivity index (χ4v) is 2.23. The van der Waals surface area contributed by atoms with Gasteiger partial charge < -0.3 is 15.8 Å². The minimum Gasteiger partial charge on any atom is -0.447 e. The maximum atomic E-state index is 11.7. The molecule has 1 rings (SSSR count). The molecule has 0 radical (unpaired) electrons. The van der Waals surface area contributed by atoms with E-state index in [9.17, 15) is 4.79 Å². The quantitative estimate of drug-likeness (QED) is 0.402. The topological polar surface area (TPSA) is 88.2 Å². The lowest BCUT2D eigenvalue weighted by atomic mass is 9.89. The van der Waals surface area contributed by atoms with Crippen LogP contribution in [-0.2, 0) is 4.74 Å². The van der Waals surface area contributed by atoms with Crippen molar-refractivity contribution in [3.8, 4) is 0 Å². The molecular formula is C12H23N3O2. The molecule has 1 fully saturated rings. The molecule has 0 aromatic carbocycles. The number of hydrogen-bond acceptors (Lipinski definition) is 3. The van der Waals surface area contributed by atoms with Gasteiger partial charge in [-0.05, 0) is 26.7 Å². The van der Waals surface area contributed by atoms with Gasteiger partial charge in [0, 0.05) is 0 Å². The van der Waals surface area contributed by atoms with Crippen LogP contribution in [0.1, 0.15) is 52.4 Å². The first-order valence-corrected chi connectivity index (χ1v) is 6.29. The summed E-state index contributed by atoms with van der Waals surface area (Å²) in [5.74, 6) is 0.0418. The number of amides is 1. The van der Waals surface area contributed by atoms with Gasteiger partial charge in [-0.2, -0.15) is 0 Å². The van der Waals surface area contributed by atoms with Crippen LogP contribution >= 0.6 is 0 Å². The number of alkyl carbamates (subject to hydrolysis) is 1. The third kappa shape index (κ3) is 3.91. The summed E-state index contributed by atoms with van der Waals surface area (Å²) < 4.78 is 5.07. The van der Waals surface area contributed by atoms with E-state index in [2.05, 4.69) is 5.32 Å². The van der Waals surface area contributed by atoms with Crippen molar-refractivity contribution in [2.75, 3.05) is 0 Å². The van der Waals surface area contributed by atoms with Crippen molar-refractivity contribution in [2.24, 2.45) is 5.73 Å². The maximum Gasteiger partial charge on any atom is 0.408 e. The van der Waals surface area contributed by atoms with Crippen molar-refractivity contribution >= 4 is 11.9 Å². The van der Waals surface area contributed by atoms with Crippen LogP contribution in [0.25, 0.3) is 0 Å². The van der Waals surface area contributed by atoms with E-state index >= 15 is 0 Å². The van der Waals surface area contributed by atoms with Gasteiger partial charge in [-0.3, -0.25) is 5.41 Å². The van der Waals surface area contributed by atoms with Crippen LogP contribution in [0.5, 0.6) is 0 Å². The standard InChI is InChI=1S/C12H23N3O2/c1-9(2)17-11(16)15-12(10(13)14)7-5-3-4-6-8-12/h9H,3-8H2,1-2H3,(H3,13,14)(H,15,16). The molecule has 0 aromatic rings. The maximum absolute atomic E-state index is 11.7. The van der Waals surface area contributed by atoms with E-state index in [4.69, 9.17) is 15.9 Å². The van der Waals surface area contributed by atoms with Gasteiger partial charge in [0.25, 0.3) is 0 Å². The zero-order valence-corrected chi connectivity index (χ0v) is 10.7. The lowest BCUT2D eigenvalue weighted by Crippen LogP contribution is -2.57. The van der Waals surface area contributed by atoms with Crippen molar-refractivity contribution in [2.45, 2.75) is 64.0 Å². The monoisotopic (exact) mass is 241 g/mol. The highest BCUT2D eigenvalue weighted by Crippen LogP contribution is 2.27. The third-order valence-electron chi connectivity index (χ3n) is 3.16. The Labute approximate surface area is 103 Å². The Kier molecular flexibility index (Phi) is 4.78. The SMILES string of the molecule is CC(C)OC(=O)NC1(C(=N)N)CCCCCC1. The van der Waals surface area contributed by atoms with E-state index < -0.39 is 11.6 Å². The molecule has 0 spiro atoms. The molecule has 1 saturated carbocycles. The van der Waals surface area contributed by atoms with Crippen molar-refractivity contribution in [3.05, 3.63) is 0 Å². The van der Waals surface area contributed by atoms with E-state index in [1.54, 1.807) is 13.8 Å². The minimum atomic E-state index is -0.692. The van der Waals surface area contributed by atoms with Crippen LogP contribution in [0.3, 0.4) is 0 Å².